The molecule has 1 heterocycles. The summed E-state index contributed by atoms with van der Waals surface area (Å²) >= 11 is 3.58. The maximum absolute atomic E-state index is 12.4. The van der Waals surface area contributed by atoms with E-state index in [2.05, 4.69) is 31.5 Å². The van der Waals surface area contributed by atoms with Crippen LogP contribution in [0.5, 0.6) is 5.75 Å². The molecule has 1 aliphatic rings. The Kier molecular flexibility index (Phi) is 7.39. The number of halogens is 1. The van der Waals surface area contributed by atoms with E-state index in [0.29, 0.717) is 12.3 Å². The molecule has 1 fully saturated rings. The maximum atomic E-state index is 12.4. The Balaban J connectivity index is 1.19. The number of amides is 2. The van der Waals surface area contributed by atoms with Crippen molar-refractivity contribution >= 4 is 44.2 Å². The number of para-hydroxylation sites is 1. The van der Waals surface area contributed by atoms with Gasteiger partial charge in [0.1, 0.15) is 5.75 Å². The smallest absolute Gasteiger partial charge is 0.258 e. The van der Waals surface area contributed by atoms with Crippen molar-refractivity contribution in [2.24, 2.45) is 0 Å². The number of hydrogen-bond donors (Lipinski definition) is 2. The molecule has 0 atom stereocenters. The van der Waals surface area contributed by atoms with Crippen LogP contribution in [0.15, 0.2) is 71.2 Å². The van der Waals surface area contributed by atoms with Gasteiger partial charge in [0.2, 0.25) is 5.91 Å². The molecule has 0 radical (unpaired) electrons. The maximum Gasteiger partial charge on any atom is 0.258 e. The van der Waals surface area contributed by atoms with Crippen molar-refractivity contribution in [2.75, 3.05) is 31.6 Å². The predicted molar refractivity (Wildman–Crippen MR) is 130 cm³/mol. The Hall–Kier alpha value is -2.90. The fourth-order valence-electron chi connectivity index (χ4n) is 3.90. The quantitative estimate of drug-likeness (QED) is 0.515. The van der Waals surface area contributed by atoms with Crippen LogP contribution < -0.4 is 15.4 Å². The second-order valence-electron chi connectivity index (χ2n) is 7.92. The van der Waals surface area contributed by atoms with Crippen LogP contribution in [-0.4, -0.2) is 49.0 Å². The van der Waals surface area contributed by atoms with Crippen LogP contribution in [0.2, 0.25) is 0 Å². The Bertz CT molecular complexity index is 1080. The minimum Gasteiger partial charge on any atom is -0.483 e. The number of carbonyl (C=O) groups is 2. The molecule has 3 aromatic rings. The van der Waals surface area contributed by atoms with Crippen molar-refractivity contribution in [1.29, 1.82) is 0 Å². The van der Waals surface area contributed by atoms with Crippen molar-refractivity contribution < 1.29 is 14.3 Å². The lowest BCUT2D eigenvalue weighted by Gasteiger charge is -2.31. The summed E-state index contributed by atoms with van der Waals surface area (Å²) < 4.78 is 6.61. The first kappa shape index (κ1) is 22.3. The zero-order valence-corrected chi connectivity index (χ0v) is 19.3. The summed E-state index contributed by atoms with van der Waals surface area (Å²) in [6.45, 7) is 1.86. The van der Waals surface area contributed by atoms with Crippen molar-refractivity contribution in [1.82, 2.24) is 10.2 Å². The molecule has 166 valence electrons. The molecule has 0 spiro atoms. The molecule has 6 nitrogen and oxygen atoms in total. The fraction of sp³-hybridized carbons (Fsp3) is 0.280. The van der Waals surface area contributed by atoms with Crippen LogP contribution in [0.25, 0.3) is 10.8 Å². The van der Waals surface area contributed by atoms with Gasteiger partial charge < -0.3 is 15.4 Å². The first-order valence-electron chi connectivity index (χ1n) is 10.7. The van der Waals surface area contributed by atoms with E-state index in [0.717, 1.165) is 46.9 Å². The highest BCUT2D eigenvalue weighted by molar-refractivity contribution is 9.10. The third-order valence-electron chi connectivity index (χ3n) is 5.56. The van der Waals surface area contributed by atoms with E-state index in [-0.39, 0.29) is 24.5 Å². The van der Waals surface area contributed by atoms with Crippen LogP contribution >= 0.6 is 15.9 Å². The summed E-state index contributed by atoms with van der Waals surface area (Å²) in [4.78, 5) is 26.7. The van der Waals surface area contributed by atoms with E-state index < -0.39 is 0 Å². The van der Waals surface area contributed by atoms with Gasteiger partial charge in [-0.1, -0.05) is 48.5 Å². The Labute approximate surface area is 196 Å². The second-order valence-corrected chi connectivity index (χ2v) is 8.71. The molecule has 0 bridgehead atoms. The van der Waals surface area contributed by atoms with E-state index >= 15 is 0 Å². The summed E-state index contributed by atoms with van der Waals surface area (Å²) in [6, 6.07) is 21.4. The van der Waals surface area contributed by atoms with E-state index in [9.17, 15) is 9.59 Å². The average molecular weight is 496 g/mol. The largest absolute Gasteiger partial charge is 0.483 e. The zero-order valence-electron chi connectivity index (χ0n) is 17.7. The molecule has 1 saturated heterocycles. The number of nitrogens with one attached hydrogen (secondary N) is 2. The molecule has 32 heavy (non-hydrogen) atoms. The highest BCUT2D eigenvalue weighted by atomic mass is 79.9. The molecule has 0 saturated carbocycles. The number of benzene rings is 3. The summed E-state index contributed by atoms with van der Waals surface area (Å²) in [5, 5.41) is 8.12. The lowest BCUT2D eigenvalue weighted by molar-refractivity contribution is -0.124. The van der Waals surface area contributed by atoms with Gasteiger partial charge in [0.25, 0.3) is 5.91 Å². The standard InChI is InChI=1S/C25H26BrN3O3/c26-25-21-9-5-4-6-18(21)10-11-22(25)32-17-24(31)28-20-12-14-29(15-13-20)16-23(30)27-19-7-2-1-3-8-19/h1-11,20H,12-17H2,(H,27,30)(H,28,31). The third kappa shape index (κ3) is 5.87. The number of carbonyl (C=O) groups excluding carboxylic acids is 2. The average Bonchev–Trinajstić information content (AvgIpc) is 2.81. The Morgan fingerprint density at radius 2 is 1.66 bits per heavy atom. The van der Waals surface area contributed by atoms with Gasteiger partial charge in [-0.15, -0.1) is 0 Å². The lowest BCUT2D eigenvalue weighted by Crippen LogP contribution is -2.47. The van der Waals surface area contributed by atoms with E-state index in [1.165, 1.54) is 0 Å². The zero-order chi connectivity index (χ0) is 22.3. The topological polar surface area (TPSA) is 70.7 Å². The summed E-state index contributed by atoms with van der Waals surface area (Å²) in [7, 11) is 0. The number of nitrogens with zero attached hydrogens (tertiary/aromatic N) is 1. The van der Waals surface area contributed by atoms with Crippen LogP contribution in [0.4, 0.5) is 5.69 Å². The molecule has 3 aromatic carbocycles. The number of hydrogen-bond acceptors (Lipinski definition) is 4. The van der Waals surface area contributed by atoms with Gasteiger partial charge in [0, 0.05) is 24.8 Å². The summed E-state index contributed by atoms with van der Waals surface area (Å²) in [6.07, 6.45) is 1.62. The van der Waals surface area contributed by atoms with Crippen LogP contribution in [0.3, 0.4) is 0 Å². The molecule has 0 aliphatic carbocycles. The minimum absolute atomic E-state index is 0.0203. The molecular formula is C25H26BrN3O3. The SMILES string of the molecule is O=C(CN1CCC(NC(=O)COc2ccc3ccccc3c2Br)CC1)Nc1ccccc1. The normalized spacial score (nSPS) is 14.8. The van der Waals surface area contributed by atoms with Gasteiger partial charge in [-0.2, -0.15) is 0 Å². The number of anilines is 1. The van der Waals surface area contributed by atoms with Crippen molar-refractivity contribution in [3.05, 3.63) is 71.2 Å². The third-order valence-corrected chi connectivity index (χ3v) is 6.38. The van der Waals surface area contributed by atoms with E-state index in [1.807, 2.05) is 66.7 Å². The fourth-order valence-corrected chi connectivity index (χ4v) is 4.51. The van der Waals surface area contributed by atoms with Crippen LogP contribution in [-0.2, 0) is 9.59 Å². The number of fused-ring (bicyclic) bond motifs is 1. The van der Waals surface area contributed by atoms with Gasteiger partial charge in [-0.25, -0.2) is 0 Å². The Morgan fingerprint density at radius 1 is 0.938 bits per heavy atom. The monoisotopic (exact) mass is 495 g/mol. The molecule has 4 rings (SSSR count). The van der Waals surface area contributed by atoms with Crippen molar-refractivity contribution in [3.63, 3.8) is 0 Å². The first-order valence-corrected chi connectivity index (χ1v) is 11.5. The highest BCUT2D eigenvalue weighted by Crippen LogP contribution is 2.32. The van der Waals surface area contributed by atoms with Crippen LogP contribution in [0.1, 0.15) is 12.8 Å². The van der Waals surface area contributed by atoms with E-state index in [4.69, 9.17) is 4.74 Å². The summed E-state index contributed by atoms with van der Waals surface area (Å²) in [5.74, 6) is 0.497. The second kappa shape index (κ2) is 10.6. The molecule has 0 aromatic heterocycles. The summed E-state index contributed by atoms with van der Waals surface area (Å²) in [5.41, 5.74) is 0.803. The first-order chi connectivity index (χ1) is 15.6. The molecule has 2 N–H and O–H groups in total. The predicted octanol–water partition coefficient (Wildman–Crippen LogP) is 4.20. The molecule has 1 aliphatic heterocycles. The van der Waals surface area contributed by atoms with E-state index in [1.54, 1.807) is 0 Å². The van der Waals surface area contributed by atoms with Gasteiger partial charge in [-0.3, -0.25) is 14.5 Å². The van der Waals surface area contributed by atoms with Gasteiger partial charge >= 0.3 is 0 Å². The molecule has 7 heteroatoms. The van der Waals surface area contributed by atoms with Crippen LogP contribution in [0, 0.1) is 0 Å². The molecule has 0 unspecified atom stereocenters. The minimum atomic E-state index is -0.134. The molecular weight excluding hydrogens is 470 g/mol. The number of piperidine rings is 1. The Morgan fingerprint density at radius 3 is 2.44 bits per heavy atom. The van der Waals surface area contributed by atoms with Gasteiger partial charge in [0.05, 0.1) is 11.0 Å². The van der Waals surface area contributed by atoms with Crippen molar-refractivity contribution in [3.8, 4) is 5.75 Å². The highest BCUT2D eigenvalue weighted by Gasteiger charge is 2.22. The number of rotatable bonds is 7. The van der Waals surface area contributed by atoms with Gasteiger partial charge in [0.15, 0.2) is 6.61 Å². The lowest BCUT2D eigenvalue weighted by atomic mass is 10.1. The van der Waals surface area contributed by atoms with Gasteiger partial charge in [-0.05, 0) is 57.7 Å². The molecule has 2 amide bonds. The number of likely N-dealkylation sites (tertiary alicyclic amines) is 1. The number of ether oxygens (including phenoxy) is 1. The van der Waals surface area contributed by atoms with Crippen molar-refractivity contribution in [2.45, 2.75) is 18.9 Å².